The highest BCUT2D eigenvalue weighted by Gasteiger charge is 2.44. The van der Waals surface area contributed by atoms with E-state index in [-0.39, 0.29) is 31.0 Å². The van der Waals surface area contributed by atoms with Crippen LogP contribution in [0.3, 0.4) is 0 Å². The summed E-state index contributed by atoms with van der Waals surface area (Å²) in [6.07, 6.45) is -9.47. The van der Waals surface area contributed by atoms with Crippen molar-refractivity contribution in [2.24, 2.45) is 0 Å². The lowest BCUT2D eigenvalue weighted by atomic mass is 10.1. The van der Waals surface area contributed by atoms with E-state index in [4.69, 9.17) is 0 Å². The summed E-state index contributed by atoms with van der Waals surface area (Å²) in [5.41, 5.74) is -2.19. The monoisotopic (exact) mass is 525 g/mol. The van der Waals surface area contributed by atoms with Gasteiger partial charge in [0.2, 0.25) is 0 Å². The predicted molar refractivity (Wildman–Crippen MR) is 116 cm³/mol. The molecule has 196 valence electrons. The lowest BCUT2D eigenvalue weighted by Crippen LogP contribution is -2.31. The van der Waals surface area contributed by atoms with Gasteiger partial charge < -0.3 is 20.1 Å². The van der Waals surface area contributed by atoms with Crippen LogP contribution in [0.1, 0.15) is 56.1 Å². The van der Waals surface area contributed by atoms with Crippen LogP contribution < -0.4 is 15.3 Å². The number of alkyl halides is 6. The Kier molecular flexibility index (Phi) is 6.65. The zero-order valence-corrected chi connectivity index (χ0v) is 19.2. The summed E-state index contributed by atoms with van der Waals surface area (Å²) in [6.45, 7) is 1.72. The summed E-state index contributed by atoms with van der Waals surface area (Å²) in [5, 5.41) is 17.0. The third-order valence-corrected chi connectivity index (χ3v) is 5.95. The molecule has 0 aliphatic carbocycles. The van der Waals surface area contributed by atoms with E-state index in [0.717, 1.165) is 16.8 Å². The first-order valence-corrected chi connectivity index (χ1v) is 11.0. The number of hydrogen-bond donors (Lipinski definition) is 1. The van der Waals surface area contributed by atoms with Gasteiger partial charge in [-0.1, -0.05) is 36.4 Å². The molecule has 0 spiro atoms. The van der Waals surface area contributed by atoms with Crippen LogP contribution in [-0.2, 0) is 25.4 Å². The molecule has 1 atom stereocenters. The fraction of sp³-hybridized carbons (Fsp3) is 0.292. The summed E-state index contributed by atoms with van der Waals surface area (Å²) in [6, 6.07) is 8.73. The Balaban J connectivity index is 1.62. The van der Waals surface area contributed by atoms with Gasteiger partial charge >= 0.3 is 12.4 Å². The number of carbonyl (C=O) groups is 2. The smallest absolute Gasteiger partial charge is 0.436 e. The molecule has 0 fully saturated rings. The molecular weight excluding hydrogens is 506 g/mol. The number of fused-ring (bicyclic) bond motifs is 1. The third-order valence-electron chi connectivity index (χ3n) is 5.95. The van der Waals surface area contributed by atoms with Crippen LogP contribution in [0.25, 0.3) is 0 Å². The van der Waals surface area contributed by atoms with Crippen LogP contribution in [0.2, 0.25) is 0 Å². The molecule has 3 aromatic rings. The summed E-state index contributed by atoms with van der Waals surface area (Å²) in [4.78, 5) is 25.5. The number of halogens is 6. The summed E-state index contributed by atoms with van der Waals surface area (Å²) in [5.74, 6) is -2.55. The number of carboxylic acids is 1. The Hall–Kier alpha value is -4.03. The van der Waals surface area contributed by atoms with Crippen molar-refractivity contribution in [3.8, 4) is 0 Å². The number of benzene rings is 2. The largest absolute Gasteiger partial charge is 0.545 e. The van der Waals surface area contributed by atoms with E-state index in [1.54, 1.807) is 0 Å². The molecule has 0 saturated carbocycles. The van der Waals surface area contributed by atoms with E-state index in [1.165, 1.54) is 48.2 Å². The van der Waals surface area contributed by atoms with Crippen LogP contribution in [-0.4, -0.2) is 28.2 Å². The van der Waals surface area contributed by atoms with Crippen LogP contribution in [0.5, 0.6) is 0 Å². The fourth-order valence-corrected chi connectivity index (χ4v) is 4.09. The van der Waals surface area contributed by atoms with Crippen LogP contribution >= 0.6 is 0 Å². The van der Waals surface area contributed by atoms with Gasteiger partial charge in [-0.3, -0.25) is 4.79 Å². The van der Waals surface area contributed by atoms with Crippen LogP contribution in [0, 0.1) is 0 Å². The molecule has 2 aromatic carbocycles. The quantitative estimate of drug-likeness (QED) is 0.495. The number of carboxylic acid groups (broad SMARTS) is 1. The van der Waals surface area contributed by atoms with Crippen molar-refractivity contribution in [3.05, 3.63) is 82.0 Å². The van der Waals surface area contributed by atoms with Gasteiger partial charge in [0, 0.05) is 13.1 Å². The van der Waals surface area contributed by atoms with Gasteiger partial charge in [0.25, 0.3) is 5.91 Å². The van der Waals surface area contributed by atoms with E-state index < -0.39 is 47.1 Å². The highest BCUT2D eigenvalue weighted by atomic mass is 19.4. The lowest BCUT2D eigenvalue weighted by Gasteiger charge is -2.21. The van der Waals surface area contributed by atoms with Crippen LogP contribution in [0.15, 0.2) is 48.5 Å². The molecule has 1 aliphatic heterocycles. The van der Waals surface area contributed by atoms with E-state index in [9.17, 15) is 41.0 Å². The maximum atomic E-state index is 13.8. The van der Waals surface area contributed by atoms with E-state index in [0.29, 0.717) is 11.1 Å². The average Bonchev–Trinajstić information content (AvgIpc) is 3.39. The van der Waals surface area contributed by atoms with Crippen LogP contribution in [0.4, 0.5) is 32.2 Å². The first kappa shape index (κ1) is 26.0. The number of aromatic nitrogens is 2. The Bertz CT molecular complexity index is 1310. The number of hydrogen-bond acceptors (Lipinski definition) is 5. The van der Waals surface area contributed by atoms with Crippen molar-refractivity contribution in [2.75, 3.05) is 11.4 Å². The van der Waals surface area contributed by atoms with Crippen molar-refractivity contribution in [1.29, 1.82) is 0 Å². The van der Waals surface area contributed by atoms with Gasteiger partial charge in [-0.25, -0.2) is 4.68 Å². The molecule has 4 rings (SSSR count). The van der Waals surface area contributed by atoms with Gasteiger partial charge in [-0.15, -0.1) is 0 Å². The molecule has 7 nitrogen and oxygen atoms in total. The molecule has 2 heterocycles. The molecule has 1 aliphatic rings. The zero-order valence-electron chi connectivity index (χ0n) is 19.2. The summed E-state index contributed by atoms with van der Waals surface area (Å²) >= 11 is 0. The second kappa shape index (κ2) is 9.45. The van der Waals surface area contributed by atoms with E-state index in [1.807, 2.05) is 0 Å². The highest BCUT2D eigenvalue weighted by molar-refractivity contribution is 6.01. The molecule has 0 radical (unpaired) electrons. The van der Waals surface area contributed by atoms with E-state index >= 15 is 0 Å². The molecule has 0 saturated heterocycles. The van der Waals surface area contributed by atoms with Gasteiger partial charge in [0.1, 0.15) is 11.4 Å². The Morgan fingerprint density at radius 3 is 2.14 bits per heavy atom. The molecule has 1 unspecified atom stereocenters. The highest BCUT2D eigenvalue weighted by Crippen LogP contribution is 2.39. The second-order valence-electron chi connectivity index (χ2n) is 8.49. The van der Waals surface area contributed by atoms with Crippen molar-refractivity contribution in [1.82, 2.24) is 15.1 Å². The van der Waals surface area contributed by atoms with E-state index in [2.05, 4.69) is 10.4 Å². The number of aromatic carboxylic acids is 1. The Morgan fingerprint density at radius 2 is 1.59 bits per heavy atom. The van der Waals surface area contributed by atoms with Crippen molar-refractivity contribution in [3.63, 3.8) is 0 Å². The number of nitrogens with zero attached hydrogens (tertiary/aromatic N) is 3. The average molecular weight is 525 g/mol. The zero-order chi connectivity index (χ0) is 27.1. The molecule has 1 N–H and O–H groups in total. The number of nitrogens with one attached hydrogen (secondary N) is 1. The SMILES string of the molecule is CC(NC(=O)c1c(C(F)(F)F)nn2c1N(Cc1ccc(C(F)(F)F)cc1)CC2)c1ccc(C(=O)[O-])cc1. The summed E-state index contributed by atoms with van der Waals surface area (Å²) < 4.78 is 81.1. The number of carbonyl (C=O) groups excluding carboxylic acids is 2. The number of rotatable bonds is 6. The maximum absolute atomic E-state index is 13.8. The molecule has 37 heavy (non-hydrogen) atoms. The minimum atomic E-state index is -4.94. The van der Waals surface area contributed by atoms with Gasteiger partial charge in [-0.2, -0.15) is 31.4 Å². The Labute approximate surface area is 206 Å². The third kappa shape index (κ3) is 5.39. The number of amides is 1. The molecule has 1 aromatic heterocycles. The molecule has 0 bridgehead atoms. The predicted octanol–water partition coefficient (Wildman–Crippen LogP) is 3.80. The van der Waals surface area contributed by atoms with Gasteiger partial charge in [-0.05, 0) is 35.7 Å². The molecular formula is C24H19F6N4O3-. The number of anilines is 1. The Morgan fingerprint density at radius 1 is 0.973 bits per heavy atom. The minimum Gasteiger partial charge on any atom is -0.545 e. The van der Waals surface area contributed by atoms with Gasteiger partial charge in [0.05, 0.1) is 24.1 Å². The minimum absolute atomic E-state index is 0.0400. The van der Waals surface area contributed by atoms with Gasteiger partial charge in [0.15, 0.2) is 5.69 Å². The molecule has 13 heteroatoms. The van der Waals surface area contributed by atoms with Crippen molar-refractivity contribution in [2.45, 2.75) is 38.4 Å². The summed E-state index contributed by atoms with van der Waals surface area (Å²) in [7, 11) is 0. The first-order chi connectivity index (χ1) is 17.3. The molecule has 1 amide bonds. The first-order valence-electron chi connectivity index (χ1n) is 11.0. The lowest BCUT2D eigenvalue weighted by molar-refractivity contribution is -0.255. The standard InChI is InChI=1S/C24H20F6N4O3/c1-13(15-4-6-16(7-5-15)22(36)37)31-20(35)18-19(24(28,29)30)32-34-11-10-33(21(18)34)12-14-2-8-17(9-3-14)23(25,26)27/h2-9,13H,10-12H2,1H3,(H,31,35)(H,36,37)/p-1. The topological polar surface area (TPSA) is 90.3 Å². The fourth-order valence-electron chi connectivity index (χ4n) is 4.09. The normalized spacial score (nSPS) is 14.4. The second-order valence-corrected chi connectivity index (χ2v) is 8.49. The maximum Gasteiger partial charge on any atom is 0.436 e. The van der Waals surface area contributed by atoms with Crippen molar-refractivity contribution >= 4 is 17.7 Å². The van der Waals surface area contributed by atoms with Crippen molar-refractivity contribution < 1.29 is 41.0 Å².